The molecule has 0 unspecified atom stereocenters. The second-order valence-corrected chi connectivity index (χ2v) is 9.10. The number of hydrogen-bond acceptors (Lipinski definition) is 4. The summed E-state index contributed by atoms with van der Waals surface area (Å²) in [6.45, 7) is 8.67. The molecule has 1 amide bonds. The number of hydrogen-bond donors (Lipinski definition) is 1. The van der Waals surface area contributed by atoms with Crippen molar-refractivity contribution in [3.05, 3.63) is 53.6 Å². The SMILES string of the molecule is CCCCN1C(C)=NS(=O)(=O)c2cc(C(=O)Nc3ccc(C(C)C)cc3)ccc21. The van der Waals surface area contributed by atoms with E-state index in [-0.39, 0.29) is 16.4 Å². The molecule has 0 saturated heterocycles. The molecule has 154 valence electrons. The van der Waals surface area contributed by atoms with Gasteiger partial charge in [0.15, 0.2) is 0 Å². The predicted molar refractivity (Wildman–Crippen MR) is 117 cm³/mol. The predicted octanol–water partition coefficient (Wildman–Crippen LogP) is 4.79. The first-order valence-electron chi connectivity index (χ1n) is 9.87. The minimum Gasteiger partial charge on any atom is -0.328 e. The Labute approximate surface area is 172 Å². The van der Waals surface area contributed by atoms with Gasteiger partial charge in [0, 0.05) is 17.8 Å². The molecule has 0 atom stereocenters. The van der Waals surface area contributed by atoms with Crippen molar-refractivity contribution in [2.75, 3.05) is 16.8 Å². The Bertz CT molecular complexity index is 1040. The summed E-state index contributed by atoms with van der Waals surface area (Å²) in [5, 5.41) is 2.83. The Morgan fingerprint density at radius 3 is 2.45 bits per heavy atom. The third-order valence-electron chi connectivity index (χ3n) is 5.00. The summed E-state index contributed by atoms with van der Waals surface area (Å²) < 4.78 is 29.1. The maximum Gasteiger partial charge on any atom is 0.286 e. The van der Waals surface area contributed by atoms with Gasteiger partial charge in [0.2, 0.25) is 0 Å². The van der Waals surface area contributed by atoms with Crippen molar-refractivity contribution in [3.8, 4) is 0 Å². The first-order valence-corrected chi connectivity index (χ1v) is 11.3. The molecule has 3 rings (SSSR count). The zero-order valence-electron chi connectivity index (χ0n) is 17.3. The molecule has 6 nitrogen and oxygen atoms in total. The molecule has 2 aromatic rings. The van der Waals surface area contributed by atoms with Crippen LogP contribution in [0.1, 0.15) is 62.4 Å². The Kier molecular flexibility index (Phi) is 6.07. The van der Waals surface area contributed by atoms with Gasteiger partial charge in [-0.05, 0) is 55.2 Å². The van der Waals surface area contributed by atoms with E-state index in [9.17, 15) is 13.2 Å². The number of unbranched alkanes of at least 4 members (excludes halogenated alkanes) is 1. The number of nitrogens with one attached hydrogen (secondary N) is 1. The fraction of sp³-hybridized carbons (Fsp3) is 0.364. The molecule has 29 heavy (non-hydrogen) atoms. The average molecular weight is 414 g/mol. The molecule has 1 aliphatic heterocycles. The van der Waals surface area contributed by atoms with Crippen LogP contribution in [0.2, 0.25) is 0 Å². The fourth-order valence-corrected chi connectivity index (χ4v) is 4.55. The van der Waals surface area contributed by atoms with Gasteiger partial charge in [-0.3, -0.25) is 4.79 Å². The number of carbonyl (C=O) groups is 1. The highest BCUT2D eigenvalue weighted by atomic mass is 32.2. The van der Waals surface area contributed by atoms with Crippen molar-refractivity contribution in [2.24, 2.45) is 4.40 Å². The van der Waals surface area contributed by atoms with E-state index < -0.39 is 10.0 Å². The first kappa shape index (κ1) is 21.0. The first-order chi connectivity index (χ1) is 13.7. The fourth-order valence-electron chi connectivity index (χ4n) is 3.28. The van der Waals surface area contributed by atoms with E-state index in [0.717, 1.165) is 12.8 Å². The number of carbonyl (C=O) groups excluding carboxylic acids is 1. The van der Waals surface area contributed by atoms with Crippen LogP contribution in [0.5, 0.6) is 0 Å². The summed E-state index contributed by atoms with van der Waals surface area (Å²) >= 11 is 0. The maximum atomic E-state index is 12.7. The molecule has 0 fully saturated rings. The van der Waals surface area contributed by atoms with Crippen LogP contribution in [0.3, 0.4) is 0 Å². The van der Waals surface area contributed by atoms with Gasteiger partial charge in [0.25, 0.3) is 15.9 Å². The van der Waals surface area contributed by atoms with E-state index in [1.54, 1.807) is 19.1 Å². The summed E-state index contributed by atoms with van der Waals surface area (Å²) in [7, 11) is -3.83. The van der Waals surface area contributed by atoms with Crippen molar-refractivity contribution in [1.82, 2.24) is 0 Å². The lowest BCUT2D eigenvalue weighted by molar-refractivity contribution is 0.102. The summed E-state index contributed by atoms with van der Waals surface area (Å²) in [5.74, 6) is 0.505. The minimum absolute atomic E-state index is 0.0713. The molecular weight excluding hydrogens is 386 g/mol. The molecular formula is C22H27N3O3S. The maximum absolute atomic E-state index is 12.7. The summed E-state index contributed by atoms with van der Waals surface area (Å²) in [5.41, 5.74) is 2.70. The molecule has 2 aromatic carbocycles. The van der Waals surface area contributed by atoms with Gasteiger partial charge in [-0.2, -0.15) is 8.42 Å². The average Bonchev–Trinajstić information content (AvgIpc) is 2.67. The molecule has 0 aromatic heterocycles. The quantitative estimate of drug-likeness (QED) is 0.738. The summed E-state index contributed by atoms with van der Waals surface area (Å²) in [6, 6.07) is 12.4. The second-order valence-electron chi connectivity index (χ2n) is 7.53. The Morgan fingerprint density at radius 2 is 1.83 bits per heavy atom. The minimum atomic E-state index is -3.83. The number of benzene rings is 2. The van der Waals surface area contributed by atoms with E-state index in [2.05, 4.69) is 30.5 Å². The van der Waals surface area contributed by atoms with Crippen LogP contribution in [0, 0.1) is 0 Å². The Balaban J connectivity index is 1.88. The van der Waals surface area contributed by atoms with Crippen LogP contribution in [0.25, 0.3) is 0 Å². The summed E-state index contributed by atoms with van der Waals surface area (Å²) in [4.78, 5) is 14.7. The number of amidine groups is 1. The third-order valence-corrected chi connectivity index (χ3v) is 6.39. The van der Waals surface area contributed by atoms with E-state index in [0.29, 0.717) is 29.7 Å². The topological polar surface area (TPSA) is 78.8 Å². The third kappa shape index (κ3) is 4.50. The van der Waals surface area contributed by atoms with Crippen molar-refractivity contribution in [3.63, 3.8) is 0 Å². The molecule has 0 aliphatic carbocycles. The molecule has 1 N–H and O–H groups in total. The van der Waals surface area contributed by atoms with Crippen LogP contribution < -0.4 is 10.2 Å². The zero-order valence-corrected chi connectivity index (χ0v) is 18.1. The number of nitrogens with zero attached hydrogens (tertiary/aromatic N) is 2. The summed E-state index contributed by atoms with van der Waals surface area (Å²) in [6.07, 6.45) is 1.91. The van der Waals surface area contributed by atoms with Crippen LogP contribution in [0.4, 0.5) is 11.4 Å². The highest BCUT2D eigenvalue weighted by molar-refractivity contribution is 7.90. The van der Waals surface area contributed by atoms with Gasteiger partial charge in [0.1, 0.15) is 10.7 Å². The number of amides is 1. The molecule has 7 heteroatoms. The number of rotatable bonds is 6. The smallest absolute Gasteiger partial charge is 0.286 e. The number of fused-ring (bicyclic) bond motifs is 1. The lowest BCUT2D eigenvalue weighted by Gasteiger charge is -2.29. The van der Waals surface area contributed by atoms with Crippen LogP contribution in [-0.4, -0.2) is 26.7 Å². The van der Waals surface area contributed by atoms with E-state index >= 15 is 0 Å². The highest BCUT2D eigenvalue weighted by Gasteiger charge is 2.29. The van der Waals surface area contributed by atoms with E-state index in [1.807, 2.05) is 29.2 Å². The Hall–Kier alpha value is -2.67. The van der Waals surface area contributed by atoms with Gasteiger partial charge in [0.05, 0.1) is 5.69 Å². The molecule has 1 heterocycles. The van der Waals surface area contributed by atoms with Crippen molar-refractivity contribution in [1.29, 1.82) is 0 Å². The molecule has 0 bridgehead atoms. The van der Waals surface area contributed by atoms with Crippen LogP contribution in [-0.2, 0) is 10.0 Å². The van der Waals surface area contributed by atoms with E-state index in [1.165, 1.54) is 11.6 Å². The monoisotopic (exact) mass is 413 g/mol. The van der Waals surface area contributed by atoms with Crippen molar-refractivity contribution < 1.29 is 13.2 Å². The van der Waals surface area contributed by atoms with Crippen molar-refractivity contribution >= 4 is 33.1 Å². The molecule has 0 spiro atoms. The molecule has 1 aliphatic rings. The zero-order chi connectivity index (χ0) is 21.2. The van der Waals surface area contributed by atoms with Gasteiger partial charge >= 0.3 is 0 Å². The van der Waals surface area contributed by atoms with Gasteiger partial charge in [-0.1, -0.05) is 39.3 Å². The normalized spacial score (nSPS) is 15.1. The van der Waals surface area contributed by atoms with E-state index in [4.69, 9.17) is 0 Å². The highest BCUT2D eigenvalue weighted by Crippen LogP contribution is 2.33. The largest absolute Gasteiger partial charge is 0.328 e. The Morgan fingerprint density at radius 1 is 1.14 bits per heavy atom. The second kappa shape index (κ2) is 8.37. The standard InChI is InChI=1S/C22H27N3O3S/c1-5-6-13-25-16(4)24-29(27,28)21-14-18(9-12-20(21)25)22(26)23-19-10-7-17(8-11-19)15(2)3/h7-12,14-15H,5-6,13H2,1-4H3,(H,23,26). The van der Waals surface area contributed by atoms with Gasteiger partial charge in [-0.15, -0.1) is 4.40 Å². The molecule has 0 radical (unpaired) electrons. The van der Waals surface area contributed by atoms with Crippen LogP contribution in [0.15, 0.2) is 51.8 Å². The van der Waals surface area contributed by atoms with Gasteiger partial charge in [-0.25, -0.2) is 0 Å². The lowest BCUT2D eigenvalue weighted by atomic mass is 10.0. The van der Waals surface area contributed by atoms with Crippen LogP contribution >= 0.6 is 0 Å². The molecule has 0 saturated carbocycles. The van der Waals surface area contributed by atoms with Gasteiger partial charge < -0.3 is 10.2 Å². The lowest BCUT2D eigenvalue weighted by Crippen LogP contribution is -2.34. The number of anilines is 2. The van der Waals surface area contributed by atoms with Crippen molar-refractivity contribution in [2.45, 2.75) is 51.3 Å². The number of sulfonamides is 1.